The van der Waals surface area contributed by atoms with Gasteiger partial charge in [-0.1, -0.05) is 26.0 Å². The van der Waals surface area contributed by atoms with Crippen LogP contribution in [0.15, 0.2) is 24.3 Å². The molecule has 1 saturated heterocycles. The molecule has 0 radical (unpaired) electrons. The zero-order chi connectivity index (χ0) is 17.2. The highest BCUT2D eigenvalue weighted by Gasteiger charge is 2.43. The number of anilines is 1. The summed E-state index contributed by atoms with van der Waals surface area (Å²) in [5.41, 5.74) is 1.00. The Bertz CT molecular complexity index is 620. The van der Waals surface area contributed by atoms with E-state index >= 15 is 0 Å². The number of amides is 4. The third kappa shape index (κ3) is 3.88. The van der Waals surface area contributed by atoms with E-state index < -0.39 is 11.6 Å². The molecule has 4 amide bonds. The summed E-state index contributed by atoms with van der Waals surface area (Å²) in [5, 5.41) is 5.36. The van der Waals surface area contributed by atoms with Gasteiger partial charge >= 0.3 is 6.03 Å². The number of carbonyl (C=O) groups excluding carboxylic acids is 3. The predicted molar refractivity (Wildman–Crippen MR) is 88.1 cm³/mol. The molecule has 2 rings (SSSR count). The van der Waals surface area contributed by atoms with Crippen molar-refractivity contribution in [2.75, 3.05) is 11.9 Å². The number of benzene rings is 1. The maximum Gasteiger partial charge on any atom is 0.325 e. The molecule has 1 aromatic carbocycles. The van der Waals surface area contributed by atoms with Gasteiger partial charge in [0.05, 0.1) is 0 Å². The van der Waals surface area contributed by atoms with Crippen molar-refractivity contribution >= 4 is 23.5 Å². The van der Waals surface area contributed by atoms with E-state index in [0.29, 0.717) is 11.6 Å². The zero-order valence-electron chi connectivity index (χ0n) is 14.0. The summed E-state index contributed by atoms with van der Waals surface area (Å²) in [6.07, 6.45) is 0.0706. The molecule has 0 spiro atoms. The van der Waals surface area contributed by atoms with Crippen molar-refractivity contribution < 1.29 is 14.4 Å². The van der Waals surface area contributed by atoms with Crippen LogP contribution in [-0.2, 0) is 9.59 Å². The van der Waals surface area contributed by atoms with E-state index in [1.54, 1.807) is 13.8 Å². The average molecular weight is 317 g/mol. The van der Waals surface area contributed by atoms with E-state index in [1.165, 1.54) is 5.56 Å². The number of carbonyl (C=O) groups is 3. The first-order valence-corrected chi connectivity index (χ1v) is 7.74. The van der Waals surface area contributed by atoms with Gasteiger partial charge in [0.2, 0.25) is 5.91 Å². The summed E-state index contributed by atoms with van der Waals surface area (Å²) >= 11 is 0. The van der Waals surface area contributed by atoms with E-state index in [4.69, 9.17) is 0 Å². The third-order valence-electron chi connectivity index (χ3n) is 3.87. The van der Waals surface area contributed by atoms with Crippen molar-refractivity contribution in [2.45, 2.75) is 45.6 Å². The van der Waals surface area contributed by atoms with Crippen molar-refractivity contribution in [3.8, 4) is 0 Å². The van der Waals surface area contributed by atoms with Crippen molar-refractivity contribution in [1.29, 1.82) is 0 Å². The maximum absolute atomic E-state index is 12.0. The molecule has 23 heavy (non-hydrogen) atoms. The number of urea groups is 1. The van der Waals surface area contributed by atoms with Crippen molar-refractivity contribution in [1.82, 2.24) is 10.2 Å². The van der Waals surface area contributed by atoms with E-state index in [0.717, 1.165) is 4.90 Å². The Morgan fingerprint density at radius 3 is 2.30 bits per heavy atom. The molecule has 0 unspecified atom stereocenters. The molecule has 1 fully saturated rings. The minimum Gasteiger partial charge on any atom is -0.326 e. The topological polar surface area (TPSA) is 78.5 Å². The summed E-state index contributed by atoms with van der Waals surface area (Å²) < 4.78 is 0. The first-order chi connectivity index (χ1) is 10.7. The molecule has 0 bridgehead atoms. The Hall–Kier alpha value is -2.37. The van der Waals surface area contributed by atoms with Gasteiger partial charge in [-0.2, -0.15) is 0 Å². The lowest BCUT2D eigenvalue weighted by molar-refractivity contribution is -0.130. The lowest BCUT2D eigenvalue weighted by Crippen LogP contribution is -2.40. The fourth-order valence-electron chi connectivity index (χ4n) is 2.41. The Labute approximate surface area is 136 Å². The van der Waals surface area contributed by atoms with Gasteiger partial charge in [0.1, 0.15) is 5.54 Å². The van der Waals surface area contributed by atoms with Gasteiger partial charge in [-0.25, -0.2) is 4.79 Å². The lowest BCUT2D eigenvalue weighted by atomic mass is 10.0. The van der Waals surface area contributed by atoms with Gasteiger partial charge in [0, 0.05) is 18.7 Å². The largest absolute Gasteiger partial charge is 0.326 e. The quantitative estimate of drug-likeness (QED) is 0.819. The molecule has 0 aliphatic carbocycles. The summed E-state index contributed by atoms with van der Waals surface area (Å²) in [6.45, 7) is 7.57. The Morgan fingerprint density at radius 1 is 1.22 bits per heavy atom. The zero-order valence-corrected chi connectivity index (χ0v) is 14.0. The Morgan fingerprint density at radius 2 is 1.83 bits per heavy atom. The number of imide groups is 1. The highest BCUT2D eigenvalue weighted by atomic mass is 16.2. The smallest absolute Gasteiger partial charge is 0.325 e. The molecule has 1 aliphatic rings. The van der Waals surface area contributed by atoms with Crippen LogP contribution >= 0.6 is 0 Å². The monoisotopic (exact) mass is 317 g/mol. The van der Waals surface area contributed by atoms with Crippen LogP contribution in [-0.4, -0.2) is 34.8 Å². The van der Waals surface area contributed by atoms with E-state index in [2.05, 4.69) is 24.5 Å². The van der Waals surface area contributed by atoms with Gasteiger partial charge in [0.25, 0.3) is 5.91 Å². The highest BCUT2D eigenvalue weighted by Crippen LogP contribution is 2.18. The summed E-state index contributed by atoms with van der Waals surface area (Å²) in [6, 6.07) is 7.20. The van der Waals surface area contributed by atoms with Gasteiger partial charge in [0.15, 0.2) is 0 Å². The second-order valence-electron chi connectivity index (χ2n) is 6.59. The molecule has 0 atom stereocenters. The van der Waals surface area contributed by atoms with Crippen LogP contribution in [0.25, 0.3) is 0 Å². The molecule has 0 aromatic heterocycles. The van der Waals surface area contributed by atoms with Crippen molar-refractivity contribution in [3.05, 3.63) is 29.8 Å². The second-order valence-corrected chi connectivity index (χ2v) is 6.59. The van der Waals surface area contributed by atoms with Gasteiger partial charge in [-0.05, 0) is 37.5 Å². The van der Waals surface area contributed by atoms with Crippen molar-refractivity contribution in [2.24, 2.45) is 0 Å². The average Bonchev–Trinajstić information content (AvgIpc) is 2.66. The summed E-state index contributed by atoms with van der Waals surface area (Å²) in [5.74, 6) is -0.105. The SMILES string of the molecule is CC(C)c1ccc(NC(=O)CCN2C(=O)NC(C)(C)C2=O)cc1. The number of hydrogen-bond donors (Lipinski definition) is 2. The van der Waals surface area contributed by atoms with Crippen LogP contribution in [0.2, 0.25) is 0 Å². The highest BCUT2D eigenvalue weighted by molar-refractivity contribution is 6.06. The minimum absolute atomic E-state index is 0.0706. The molecule has 124 valence electrons. The standard InChI is InChI=1S/C17H23N3O3/c1-11(2)12-5-7-13(8-6-12)18-14(21)9-10-20-15(22)17(3,4)19-16(20)23/h5-8,11H,9-10H2,1-4H3,(H,18,21)(H,19,23). The first-order valence-electron chi connectivity index (χ1n) is 7.74. The fourth-order valence-corrected chi connectivity index (χ4v) is 2.41. The van der Waals surface area contributed by atoms with Crippen LogP contribution in [0, 0.1) is 0 Å². The molecule has 6 nitrogen and oxygen atoms in total. The van der Waals surface area contributed by atoms with Gasteiger partial charge in [-0.15, -0.1) is 0 Å². The van der Waals surface area contributed by atoms with E-state index in [-0.39, 0.29) is 24.8 Å². The predicted octanol–water partition coefficient (Wildman–Crippen LogP) is 2.47. The van der Waals surface area contributed by atoms with Crippen LogP contribution in [0.3, 0.4) is 0 Å². The summed E-state index contributed by atoms with van der Waals surface area (Å²) in [4.78, 5) is 36.8. The van der Waals surface area contributed by atoms with Crippen LogP contribution in [0.1, 0.15) is 45.6 Å². The lowest BCUT2D eigenvalue weighted by Gasteiger charge is -2.15. The molecular weight excluding hydrogens is 294 g/mol. The van der Waals surface area contributed by atoms with E-state index in [1.807, 2.05) is 24.3 Å². The molecule has 1 aliphatic heterocycles. The number of rotatable bonds is 5. The van der Waals surface area contributed by atoms with Gasteiger partial charge in [-0.3, -0.25) is 14.5 Å². The van der Waals surface area contributed by atoms with Crippen LogP contribution in [0.4, 0.5) is 10.5 Å². The number of nitrogens with zero attached hydrogens (tertiary/aromatic N) is 1. The Balaban J connectivity index is 1.88. The van der Waals surface area contributed by atoms with Crippen LogP contribution in [0.5, 0.6) is 0 Å². The first kappa shape index (κ1) is 17.0. The molecule has 1 heterocycles. The molecule has 2 N–H and O–H groups in total. The normalized spacial score (nSPS) is 16.7. The maximum atomic E-state index is 12.0. The van der Waals surface area contributed by atoms with Crippen LogP contribution < -0.4 is 10.6 Å². The summed E-state index contributed by atoms with van der Waals surface area (Å²) in [7, 11) is 0. The third-order valence-corrected chi connectivity index (χ3v) is 3.87. The number of hydrogen-bond acceptors (Lipinski definition) is 3. The van der Waals surface area contributed by atoms with E-state index in [9.17, 15) is 14.4 Å². The number of nitrogens with one attached hydrogen (secondary N) is 2. The second kappa shape index (κ2) is 6.40. The molecule has 1 aromatic rings. The van der Waals surface area contributed by atoms with Gasteiger partial charge < -0.3 is 10.6 Å². The molecular formula is C17H23N3O3. The minimum atomic E-state index is -0.903. The fraction of sp³-hybridized carbons (Fsp3) is 0.471. The Kier molecular flexibility index (Phi) is 4.73. The van der Waals surface area contributed by atoms with Crippen molar-refractivity contribution in [3.63, 3.8) is 0 Å². The molecule has 0 saturated carbocycles. The molecule has 6 heteroatoms.